The predicted octanol–water partition coefficient (Wildman–Crippen LogP) is 2.66. The molecule has 2 N–H and O–H groups in total. The van der Waals surface area contributed by atoms with E-state index in [1.54, 1.807) is 11.8 Å². The molecule has 2 aromatic rings. The summed E-state index contributed by atoms with van der Waals surface area (Å²) in [6, 6.07) is 8.43. The smallest absolute Gasteiger partial charge is 0.209 e. The van der Waals surface area contributed by atoms with Crippen LogP contribution in [0.1, 0.15) is 37.3 Å². The first-order valence-corrected chi connectivity index (χ1v) is 7.56. The monoisotopic (exact) mass is 275 g/mol. The molecule has 0 unspecified atom stereocenters. The topological polar surface area (TPSA) is 69.6 Å². The van der Waals surface area contributed by atoms with Crippen LogP contribution in [0.3, 0.4) is 0 Å². The van der Waals surface area contributed by atoms with Gasteiger partial charge in [-0.05, 0) is 41.0 Å². The molecule has 0 atom stereocenters. The summed E-state index contributed by atoms with van der Waals surface area (Å²) in [4.78, 5) is 0. The first kappa shape index (κ1) is 12.5. The van der Waals surface area contributed by atoms with Crippen LogP contribution >= 0.6 is 11.8 Å². The summed E-state index contributed by atoms with van der Waals surface area (Å²) in [7, 11) is 0. The number of hydrogen-bond acceptors (Lipinski definition) is 5. The van der Waals surface area contributed by atoms with Gasteiger partial charge in [0.2, 0.25) is 5.16 Å². The molecule has 0 bridgehead atoms. The van der Waals surface area contributed by atoms with Crippen LogP contribution in [-0.2, 0) is 5.75 Å². The Morgan fingerprint density at radius 2 is 2.16 bits per heavy atom. The molecule has 0 radical (unpaired) electrons. The van der Waals surface area contributed by atoms with Crippen molar-refractivity contribution in [3.63, 3.8) is 0 Å². The van der Waals surface area contributed by atoms with E-state index in [1.165, 1.54) is 31.2 Å². The molecule has 5 nitrogen and oxygen atoms in total. The normalized spacial score (nSPS) is 16.0. The minimum atomic E-state index is 0.485. The van der Waals surface area contributed by atoms with E-state index < -0.39 is 0 Å². The highest BCUT2D eigenvalue weighted by Crippen LogP contribution is 2.32. The molecule has 1 aromatic carbocycles. The van der Waals surface area contributed by atoms with Crippen molar-refractivity contribution < 1.29 is 0 Å². The van der Waals surface area contributed by atoms with E-state index >= 15 is 0 Å². The van der Waals surface area contributed by atoms with Crippen LogP contribution in [0.25, 0.3) is 0 Å². The van der Waals surface area contributed by atoms with Crippen molar-refractivity contribution in [1.29, 1.82) is 0 Å². The van der Waals surface area contributed by atoms with E-state index in [0.29, 0.717) is 6.04 Å². The second-order valence-electron chi connectivity index (χ2n) is 4.88. The standard InChI is InChI=1S/C13H17N5S/c14-11-5-3-4-10(8-11)9-19-13-15-16-17-18(13)12-6-1-2-7-12/h3-5,8,12H,1-2,6-7,9,14H2. The van der Waals surface area contributed by atoms with Gasteiger partial charge < -0.3 is 5.73 Å². The van der Waals surface area contributed by atoms with Crippen molar-refractivity contribution in [3.8, 4) is 0 Å². The first-order chi connectivity index (χ1) is 9.33. The lowest BCUT2D eigenvalue weighted by Crippen LogP contribution is -2.08. The Bertz CT molecular complexity index is 547. The number of thioether (sulfide) groups is 1. The molecule has 1 aromatic heterocycles. The lowest BCUT2D eigenvalue weighted by molar-refractivity contribution is 0.423. The third kappa shape index (κ3) is 2.89. The molecule has 0 saturated heterocycles. The van der Waals surface area contributed by atoms with Gasteiger partial charge in [-0.25, -0.2) is 4.68 Å². The van der Waals surface area contributed by atoms with Crippen LogP contribution in [0.2, 0.25) is 0 Å². The minimum absolute atomic E-state index is 0.485. The van der Waals surface area contributed by atoms with E-state index in [9.17, 15) is 0 Å². The number of nitrogen functional groups attached to an aromatic ring is 1. The van der Waals surface area contributed by atoms with Gasteiger partial charge in [-0.15, -0.1) is 5.10 Å². The van der Waals surface area contributed by atoms with Gasteiger partial charge in [0.05, 0.1) is 6.04 Å². The summed E-state index contributed by atoms with van der Waals surface area (Å²) in [6.07, 6.45) is 4.95. The van der Waals surface area contributed by atoms with Crippen LogP contribution in [0.4, 0.5) is 5.69 Å². The number of tetrazole rings is 1. The number of hydrogen-bond donors (Lipinski definition) is 1. The number of nitrogens with zero attached hydrogens (tertiary/aromatic N) is 4. The highest BCUT2D eigenvalue weighted by molar-refractivity contribution is 7.98. The van der Waals surface area contributed by atoms with Crippen LogP contribution in [-0.4, -0.2) is 20.2 Å². The molecule has 1 aliphatic carbocycles. The Hall–Kier alpha value is -1.56. The molecule has 1 saturated carbocycles. The molecule has 19 heavy (non-hydrogen) atoms. The fraction of sp³-hybridized carbons (Fsp3) is 0.462. The second kappa shape index (κ2) is 5.61. The first-order valence-electron chi connectivity index (χ1n) is 6.58. The highest BCUT2D eigenvalue weighted by atomic mass is 32.2. The average molecular weight is 275 g/mol. The molecule has 100 valence electrons. The molecule has 1 heterocycles. The maximum Gasteiger partial charge on any atom is 0.209 e. The minimum Gasteiger partial charge on any atom is -0.399 e. The number of rotatable bonds is 4. The molecule has 1 fully saturated rings. The highest BCUT2D eigenvalue weighted by Gasteiger charge is 2.21. The number of aromatic nitrogens is 4. The zero-order valence-corrected chi connectivity index (χ0v) is 11.5. The maximum absolute atomic E-state index is 5.78. The van der Waals surface area contributed by atoms with Gasteiger partial charge in [0.1, 0.15) is 0 Å². The molecule has 6 heteroatoms. The summed E-state index contributed by atoms with van der Waals surface area (Å²) in [5.74, 6) is 0.845. The summed E-state index contributed by atoms with van der Waals surface area (Å²) >= 11 is 1.67. The van der Waals surface area contributed by atoms with Gasteiger partial charge in [0, 0.05) is 11.4 Å². The SMILES string of the molecule is Nc1cccc(CSc2nnnn2C2CCCC2)c1. The van der Waals surface area contributed by atoms with Crippen molar-refractivity contribution in [2.45, 2.75) is 42.6 Å². The molecule has 0 spiro atoms. The fourth-order valence-corrected chi connectivity index (χ4v) is 3.38. The zero-order chi connectivity index (χ0) is 13.1. The lowest BCUT2D eigenvalue weighted by atomic mass is 10.2. The molecular formula is C13H17N5S. The van der Waals surface area contributed by atoms with Crippen LogP contribution < -0.4 is 5.73 Å². The molecule has 3 rings (SSSR count). The van der Waals surface area contributed by atoms with E-state index in [4.69, 9.17) is 5.73 Å². The third-order valence-corrected chi connectivity index (χ3v) is 4.46. The van der Waals surface area contributed by atoms with E-state index in [2.05, 4.69) is 21.6 Å². The average Bonchev–Trinajstić information content (AvgIpc) is 3.07. The Balaban J connectivity index is 1.68. The Morgan fingerprint density at radius 1 is 1.32 bits per heavy atom. The van der Waals surface area contributed by atoms with Gasteiger partial charge in [-0.2, -0.15) is 0 Å². The van der Waals surface area contributed by atoms with Crippen LogP contribution in [0.5, 0.6) is 0 Å². The molecule has 1 aliphatic rings. The predicted molar refractivity (Wildman–Crippen MR) is 75.7 cm³/mol. The van der Waals surface area contributed by atoms with Crippen molar-refractivity contribution in [2.75, 3.05) is 5.73 Å². The molecule has 0 amide bonds. The Kier molecular flexibility index (Phi) is 3.68. The lowest BCUT2D eigenvalue weighted by Gasteiger charge is -2.10. The van der Waals surface area contributed by atoms with Crippen molar-refractivity contribution in [2.24, 2.45) is 0 Å². The summed E-state index contributed by atoms with van der Waals surface area (Å²) < 4.78 is 1.99. The number of anilines is 1. The van der Waals surface area contributed by atoms with Gasteiger partial charge in [-0.3, -0.25) is 0 Å². The van der Waals surface area contributed by atoms with Crippen LogP contribution in [0.15, 0.2) is 29.4 Å². The van der Waals surface area contributed by atoms with E-state index in [-0.39, 0.29) is 0 Å². The maximum atomic E-state index is 5.78. The number of nitrogens with two attached hydrogens (primary N) is 1. The quantitative estimate of drug-likeness (QED) is 0.686. The van der Waals surface area contributed by atoms with Crippen molar-refractivity contribution >= 4 is 17.4 Å². The van der Waals surface area contributed by atoms with Crippen LogP contribution in [0, 0.1) is 0 Å². The largest absolute Gasteiger partial charge is 0.399 e. The van der Waals surface area contributed by atoms with Gasteiger partial charge in [-0.1, -0.05) is 36.7 Å². The second-order valence-corrected chi connectivity index (χ2v) is 5.82. The van der Waals surface area contributed by atoms with Crippen molar-refractivity contribution in [1.82, 2.24) is 20.2 Å². The van der Waals surface area contributed by atoms with Crippen molar-refractivity contribution in [3.05, 3.63) is 29.8 Å². The van der Waals surface area contributed by atoms with Gasteiger partial charge in [0.15, 0.2) is 0 Å². The third-order valence-electron chi connectivity index (χ3n) is 3.45. The summed E-state index contributed by atoms with van der Waals surface area (Å²) in [5, 5.41) is 13.0. The zero-order valence-electron chi connectivity index (χ0n) is 10.7. The fourth-order valence-electron chi connectivity index (χ4n) is 2.49. The summed E-state index contributed by atoms with van der Waals surface area (Å²) in [6.45, 7) is 0. The Morgan fingerprint density at radius 3 is 2.95 bits per heavy atom. The van der Waals surface area contributed by atoms with Gasteiger partial charge >= 0.3 is 0 Å². The van der Waals surface area contributed by atoms with E-state index in [1.807, 2.05) is 22.9 Å². The molecular weight excluding hydrogens is 258 g/mol. The van der Waals surface area contributed by atoms with Gasteiger partial charge in [0.25, 0.3) is 0 Å². The molecule has 0 aliphatic heterocycles. The Labute approximate surface area is 116 Å². The summed E-state index contributed by atoms with van der Waals surface area (Å²) in [5.41, 5.74) is 7.78. The van der Waals surface area contributed by atoms with E-state index in [0.717, 1.165) is 16.6 Å². The number of benzene rings is 1.